The van der Waals surface area contributed by atoms with Crippen LogP contribution in [0.2, 0.25) is 0 Å². The molecule has 6 heteroatoms. The standard InChI is InChI=1S/C31H31FN4O/c1-20-25-14-13-24-28(23-11-7-8-12-26(23)32)36(34-30(24)31(25,2)19-27(33-3)29(20)37)22-15-17-35(18-16-22)21-9-5-4-6-10-21/h4-12,19-20,22,25H,13-18H2,1-2H3/t20-,25-,31-/m1/s1. The molecule has 2 aliphatic carbocycles. The molecule has 6 rings (SSSR count). The third-order valence-corrected chi connectivity index (χ3v) is 8.88. The summed E-state index contributed by atoms with van der Waals surface area (Å²) in [7, 11) is 0. The van der Waals surface area contributed by atoms with Gasteiger partial charge in [-0.05, 0) is 55.9 Å². The topological polar surface area (TPSA) is 42.5 Å². The molecule has 0 amide bonds. The van der Waals surface area contributed by atoms with E-state index in [9.17, 15) is 4.79 Å². The predicted octanol–water partition coefficient (Wildman–Crippen LogP) is 6.37. The predicted molar refractivity (Wildman–Crippen MR) is 143 cm³/mol. The number of allylic oxidation sites excluding steroid dienone is 2. The number of halogens is 1. The zero-order valence-electron chi connectivity index (χ0n) is 21.3. The molecule has 1 aromatic heterocycles. The van der Waals surface area contributed by atoms with Crippen LogP contribution in [0.25, 0.3) is 16.1 Å². The fourth-order valence-electron chi connectivity index (χ4n) is 6.93. The smallest absolute Gasteiger partial charge is 0.226 e. The van der Waals surface area contributed by atoms with Gasteiger partial charge in [0.25, 0.3) is 0 Å². The number of piperidine rings is 1. The lowest BCUT2D eigenvalue weighted by Gasteiger charge is -2.44. The van der Waals surface area contributed by atoms with Crippen molar-refractivity contribution in [2.45, 2.75) is 51.0 Å². The minimum Gasteiger partial charge on any atom is -0.371 e. The van der Waals surface area contributed by atoms with Crippen molar-refractivity contribution >= 4 is 11.5 Å². The summed E-state index contributed by atoms with van der Waals surface area (Å²) in [6.07, 6.45) is 5.24. The Labute approximate surface area is 217 Å². The Kier molecular flexibility index (Phi) is 5.75. The normalized spacial score (nSPS) is 25.7. The number of benzene rings is 2. The van der Waals surface area contributed by atoms with E-state index in [-0.39, 0.29) is 35.2 Å². The van der Waals surface area contributed by atoms with Crippen molar-refractivity contribution in [3.8, 4) is 11.3 Å². The second-order valence-electron chi connectivity index (χ2n) is 10.9. The van der Waals surface area contributed by atoms with E-state index in [1.165, 1.54) is 11.8 Å². The summed E-state index contributed by atoms with van der Waals surface area (Å²) >= 11 is 0. The van der Waals surface area contributed by atoms with Crippen molar-refractivity contribution in [3.63, 3.8) is 0 Å². The molecule has 0 N–H and O–H groups in total. The highest BCUT2D eigenvalue weighted by Gasteiger charge is 2.50. The molecule has 0 saturated carbocycles. The van der Waals surface area contributed by atoms with Gasteiger partial charge in [-0.1, -0.05) is 50.3 Å². The molecule has 5 nitrogen and oxygen atoms in total. The van der Waals surface area contributed by atoms with Gasteiger partial charge in [-0.25, -0.2) is 9.24 Å². The number of fused-ring (bicyclic) bond motifs is 3. The SMILES string of the molecule is [C-]#[N+]C1=C[C@@]2(C)c3nn(C4CCN(c5ccccc5)CC4)c(-c4ccccc4F)c3CC[C@@H]2[C@@H](C)C1=O. The third-order valence-electron chi connectivity index (χ3n) is 8.88. The number of Topliss-reactive ketones (excluding diaryl/α,β-unsaturated/α-hetero) is 1. The molecular weight excluding hydrogens is 463 g/mol. The van der Waals surface area contributed by atoms with E-state index in [4.69, 9.17) is 11.7 Å². The minimum atomic E-state index is -0.531. The van der Waals surface area contributed by atoms with Crippen molar-refractivity contribution in [3.05, 3.63) is 94.9 Å². The molecule has 3 aliphatic rings. The summed E-state index contributed by atoms with van der Waals surface area (Å²) < 4.78 is 17.4. The van der Waals surface area contributed by atoms with Gasteiger partial charge < -0.3 is 9.69 Å². The number of rotatable bonds is 3. The average Bonchev–Trinajstić information content (AvgIpc) is 3.32. The van der Waals surface area contributed by atoms with Gasteiger partial charge in [-0.15, -0.1) is 0 Å². The number of anilines is 1. The van der Waals surface area contributed by atoms with Crippen molar-refractivity contribution in [2.24, 2.45) is 11.8 Å². The fraction of sp³-hybridized carbons (Fsp3) is 0.387. The van der Waals surface area contributed by atoms with Crippen LogP contribution in [0.5, 0.6) is 0 Å². The van der Waals surface area contributed by atoms with Crippen LogP contribution in [0.3, 0.4) is 0 Å². The van der Waals surface area contributed by atoms with Gasteiger partial charge in [0.05, 0.1) is 24.0 Å². The summed E-state index contributed by atoms with van der Waals surface area (Å²) in [5, 5.41) is 5.25. The lowest BCUT2D eigenvalue weighted by Crippen LogP contribution is -2.45. The van der Waals surface area contributed by atoms with Crippen LogP contribution in [0.15, 0.2) is 66.4 Å². The summed E-state index contributed by atoms with van der Waals surface area (Å²) in [6.45, 7) is 13.5. The molecule has 3 atom stereocenters. The zero-order chi connectivity index (χ0) is 25.7. The Bertz CT molecular complexity index is 1430. The molecule has 0 bridgehead atoms. The number of carbonyl (C=O) groups excluding carboxylic acids is 1. The largest absolute Gasteiger partial charge is 0.371 e. The number of ketones is 1. The second kappa shape index (κ2) is 8.99. The molecular formula is C31H31FN4O. The van der Waals surface area contributed by atoms with Gasteiger partial charge in [0.15, 0.2) is 5.78 Å². The Morgan fingerprint density at radius 3 is 2.46 bits per heavy atom. The number of hydrogen-bond acceptors (Lipinski definition) is 3. The molecule has 3 aromatic rings. The first-order valence-corrected chi connectivity index (χ1v) is 13.2. The molecule has 2 aromatic carbocycles. The summed E-state index contributed by atoms with van der Waals surface area (Å²) in [5.74, 6) is -0.467. The molecule has 1 fully saturated rings. The average molecular weight is 495 g/mol. The maximum absolute atomic E-state index is 15.3. The van der Waals surface area contributed by atoms with E-state index in [2.05, 4.69) is 45.6 Å². The molecule has 1 saturated heterocycles. The first kappa shape index (κ1) is 23.7. The van der Waals surface area contributed by atoms with Gasteiger partial charge in [-0.2, -0.15) is 5.10 Å². The highest BCUT2D eigenvalue weighted by atomic mass is 19.1. The summed E-state index contributed by atoms with van der Waals surface area (Å²) in [6, 6.07) is 17.6. The second-order valence-corrected chi connectivity index (χ2v) is 10.9. The van der Waals surface area contributed by atoms with Crippen LogP contribution >= 0.6 is 0 Å². The van der Waals surface area contributed by atoms with Gasteiger partial charge in [-0.3, -0.25) is 4.68 Å². The number of aromatic nitrogens is 2. The van der Waals surface area contributed by atoms with Crippen LogP contribution in [0.4, 0.5) is 10.1 Å². The minimum absolute atomic E-state index is 0.0667. The number of hydrogen-bond donors (Lipinski definition) is 0. The molecule has 0 unspecified atom stereocenters. The number of para-hydroxylation sites is 1. The molecule has 0 spiro atoms. The van der Waals surface area contributed by atoms with Crippen molar-refractivity contribution in [1.29, 1.82) is 0 Å². The lowest BCUT2D eigenvalue weighted by atomic mass is 9.58. The summed E-state index contributed by atoms with van der Waals surface area (Å²) in [5.41, 5.74) is 4.33. The monoisotopic (exact) mass is 494 g/mol. The number of carbonyl (C=O) groups is 1. The maximum Gasteiger partial charge on any atom is 0.226 e. The Hall–Kier alpha value is -3.72. The Balaban J connectivity index is 1.46. The van der Waals surface area contributed by atoms with Crippen LogP contribution in [-0.2, 0) is 16.6 Å². The summed E-state index contributed by atoms with van der Waals surface area (Å²) in [4.78, 5) is 18.8. The molecule has 37 heavy (non-hydrogen) atoms. The van der Waals surface area contributed by atoms with E-state index < -0.39 is 5.41 Å². The molecule has 0 radical (unpaired) electrons. The molecule has 188 valence electrons. The van der Waals surface area contributed by atoms with Crippen LogP contribution in [0, 0.1) is 24.2 Å². The third kappa shape index (κ3) is 3.71. The van der Waals surface area contributed by atoms with Gasteiger partial charge in [0, 0.05) is 41.2 Å². The number of nitrogens with zero attached hydrogens (tertiary/aromatic N) is 4. The molecule has 1 aliphatic heterocycles. The highest BCUT2D eigenvalue weighted by molar-refractivity contribution is 6.00. The van der Waals surface area contributed by atoms with Gasteiger partial charge in [0.1, 0.15) is 5.82 Å². The van der Waals surface area contributed by atoms with Crippen LogP contribution in [0.1, 0.15) is 50.4 Å². The van der Waals surface area contributed by atoms with E-state index in [1.54, 1.807) is 6.07 Å². The van der Waals surface area contributed by atoms with Crippen molar-refractivity contribution in [1.82, 2.24) is 9.78 Å². The highest BCUT2D eigenvalue weighted by Crippen LogP contribution is 2.52. The fourth-order valence-corrected chi connectivity index (χ4v) is 6.93. The Morgan fingerprint density at radius 2 is 1.76 bits per heavy atom. The lowest BCUT2D eigenvalue weighted by molar-refractivity contribution is -0.121. The molecule has 2 heterocycles. The first-order valence-electron chi connectivity index (χ1n) is 13.2. The first-order chi connectivity index (χ1) is 17.9. The van der Waals surface area contributed by atoms with E-state index in [0.29, 0.717) is 5.56 Å². The van der Waals surface area contributed by atoms with Crippen molar-refractivity contribution in [2.75, 3.05) is 18.0 Å². The van der Waals surface area contributed by atoms with Crippen LogP contribution < -0.4 is 4.90 Å². The van der Waals surface area contributed by atoms with Crippen LogP contribution in [-0.4, -0.2) is 28.7 Å². The zero-order valence-corrected chi connectivity index (χ0v) is 21.3. The Morgan fingerprint density at radius 1 is 1.05 bits per heavy atom. The van der Waals surface area contributed by atoms with Gasteiger partial charge >= 0.3 is 0 Å². The maximum atomic E-state index is 15.3. The van der Waals surface area contributed by atoms with Gasteiger partial charge in [0.2, 0.25) is 5.70 Å². The quantitative estimate of drug-likeness (QED) is 0.397. The van der Waals surface area contributed by atoms with E-state index >= 15 is 4.39 Å². The van der Waals surface area contributed by atoms with E-state index in [0.717, 1.165) is 55.7 Å². The van der Waals surface area contributed by atoms with E-state index in [1.807, 2.05) is 31.2 Å². The van der Waals surface area contributed by atoms with Crippen molar-refractivity contribution < 1.29 is 9.18 Å².